The van der Waals surface area contributed by atoms with Crippen LogP contribution in [-0.2, 0) is 18.9 Å². The molecule has 0 fully saturated rings. The molecule has 0 aliphatic rings. The lowest BCUT2D eigenvalue weighted by molar-refractivity contribution is -0.198. The van der Waals surface area contributed by atoms with Crippen LogP contribution < -0.4 is 0 Å². The zero-order chi connectivity index (χ0) is 34.5. The van der Waals surface area contributed by atoms with E-state index < -0.39 is 12.4 Å². The zero-order valence-electron chi connectivity index (χ0n) is 32.0. The van der Waals surface area contributed by atoms with Gasteiger partial charge in [0.25, 0.3) is 0 Å². The standard InChI is InChI=1S/C40H83NO6/c1-5-9-13-17-21-25-33-44-39(45-34-26-22-18-14-10-6-2)29-23-24-30-41(31-32-42)37-38(43)40(46-35-27-19-15-11-7-3)47-36-28-20-16-12-8-4/h38-40,42-43H,5-37H2,1-4H3/t38-/m0/s1. The Morgan fingerprint density at radius 3 is 1.23 bits per heavy atom. The summed E-state index contributed by atoms with van der Waals surface area (Å²) in [6.45, 7) is 13.6. The van der Waals surface area contributed by atoms with E-state index in [0.29, 0.717) is 26.3 Å². The third-order valence-electron chi connectivity index (χ3n) is 9.00. The van der Waals surface area contributed by atoms with Crippen LogP contribution in [0.2, 0.25) is 0 Å². The molecule has 7 nitrogen and oxygen atoms in total. The van der Waals surface area contributed by atoms with Gasteiger partial charge < -0.3 is 29.2 Å². The molecule has 0 radical (unpaired) electrons. The summed E-state index contributed by atoms with van der Waals surface area (Å²) in [4.78, 5) is 2.15. The maximum Gasteiger partial charge on any atom is 0.184 e. The Kier molecular flexibility index (Phi) is 38.3. The molecule has 0 aliphatic carbocycles. The van der Waals surface area contributed by atoms with Gasteiger partial charge in [-0.2, -0.15) is 0 Å². The number of aliphatic hydroxyl groups is 2. The van der Waals surface area contributed by atoms with Gasteiger partial charge in [0.15, 0.2) is 12.6 Å². The third-order valence-corrected chi connectivity index (χ3v) is 9.00. The minimum Gasteiger partial charge on any atom is -0.395 e. The van der Waals surface area contributed by atoms with Crippen LogP contribution in [0.4, 0.5) is 0 Å². The molecule has 47 heavy (non-hydrogen) atoms. The lowest BCUT2D eigenvalue weighted by atomic mass is 10.1. The summed E-state index contributed by atoms with van der Waals surface area (Å²) in [5.41, 5.74) is 0. The van der Waals surface area contributed by atoms with Crippen molar-refractivity contribution in [1.82, 2.24) is 4.90 Å². The molecule has 0 aromatic carbocycles. The maximum absolute atomic E-state index is 11.2. The molecule has 0 heterocycles. The quantitative estimate of drug-likeness (QED) is 0.0495. The Balaban J connectivity index is 4.77. The fourth-order valence-corrected chi connectivity index (χ4v) is 5.92. The average Bonchev–Trinajstić information content (AvgIpc) is 3.07. The minimum absolute atomic E-state index is 0.0688. The van der Waals surface area contributed by atoms with E-state index >= 15 is 0 Å². The first-order chi connectivity index (χ1) is 23.1. The van der Waals surface area contributed by atoms with Gasteiger partial charge in [-0.1, -0.05) is 143 Å². The summed E-state index contributed by atoms with van der Waals surface area (Å²) < 4.78 is 24.7. The second kappa shape index (κ2) is 38.5. The molecule has 0 saturated carbocycles. The van der Waals surface area contributed by atoms with Crippen molar-refractivity contribution < 1.29 is 29.2 Å². The van der Waals surface area contributed by atoms with Gasteiger partial charge in [0.1, 0.15) is 6.10 Å². The number of hydrogen-bond acceptors (Lipinski definition) is 7. The fraction of sp³-hybridized carbons (Fsp3) is 1.00. The topological polar surface area (TPSA) is 80.6 Å². The monoisotopic (exact) mass is 674 g/mol. The lowest BCUT2D eigenvalue weighted by Crippen LogP contribution is -2.43. The van der Waals surface area contributed by atoms with Gasteiger partial charge in [-0.15, -0.1) is 0 Å². The highest BCUT2D eigenvalue weighted by atomic mass is 16.7. The first-order valence-corrected chi connectivity index (χ1v) is 20.6. The van der Waals surface area contributed by atoms with Gasteiger partial charge >= 0.3 is 0 Å². The van der Waals surface area contributed by atoms with Crippen molar-refractivity contribution in [1.29, 1.82) is 0 Å². The first-order valence-electron chi connectivity index (χ1n) is 20.6. The van der Waals surface area contributed by atoms with Crippen molar-refractivity contribution in [2.75, 3.05) is 52.7 Å². The predicted octanol–water partition coefficient (Wildman–Crippen LogP) is 10.2. The molecule has 2 N–H and O–H groups in total. The maximum atomic E-state index is 11.2. The second-order valence-electron chi connectivity index (χ2n) is 13.7. The van der Waals surface area contributed by atoms with E-state index in [1.165, 1.54) is 103 Å². The van der Waals surface area contributed by atoms with Gasteiger partial charge in [-0.25, -0.2) is 0 Å². The van der Waals surface area contributed by atoms with Crippen molar-refractivity contribution in [2.45, 2.75) is 207 Å². The summed E-state index contributed by atoms with van der Waals surface area (Å²) in [6.07, 6.45) is 28.1. The summed E-state index contributed by atoms with van der Waals surface area (Å²) in [5.74, 6) is 0. The van der Waals surface area contributed by atoms with Crippen LogP contribution in [0.15, 0.2) is 0 Å². The molecular formula is C40H83NO6. The van der Waals surface area contributed by atoms with E-state index in [-0.39, 0.29) is 12.9 Å². The molecule has 7 heteroatoms. The zero-order valence-corrected chi connectivity index (χ0v) is 32.0. The van der Waals surface area contributed by atoms with E-state index in [2.05, 4.69) is 32.6 Å². The Hall–Kier alpha value is -0.280. The fourth-order valence-electron chi connectivity index (χ4n) is 5.92. The molecule has 0 aromatic heterocycles. The molecule has 0 aromatic rings. The number of rotatable bonds is 40. The molecule has 0 aliphatic heterocycles. The van der Waals surface area contributed by atoms with Crippen LogP contribution in [0.1, 0.15) is 188 Å². The van der Waals surface area contributed by atoms with Crippen molar-refractivity contribution >= 4 is 0 Å². The Bertz CT molecular complexity index is 549. The van der Waals surface area contributed by atoms with Gasteiger partial charge in [0, 0.05) is 39.5 Å². The van der Waals surface area contributed by atoms with Crippen molar-refractivity contribution in [2.24, 2.45) is 0 Å². The van der Waals surface area contributed by atoms with Gasteiger partial charge in [0.05, 0.1) is 6.61 Å². The Morgan fingerprint density at radius 1 is 0.447 bits per heavy atom. The molecule has 284 valence electrons. The second-order valence-corrected chi connectivity index (χ2v) is 13.7. The SMILES string of the molecule is CCCCCCCCOC(CCCCN(CCO)C[C@H](O)C(OCCCCCCC)OCCCCCCC)OCCCCCCCC. The van der Waals surface area contributed by atoms with Crippen molar-refractivity contribution in [3.63, 3.8) is 0 Å². The van der Waals surface area contributed by atoms with Crippen molar-refractivity contribution in [3.8, 4) is 0 Å². The summed E-state index contributed by atoms with van der Waals surface area (Å²) in [7, 11) is 0. The van der Waals surface area contributed by atoms with E-state index in [9.17, 15) is 10.2 Å². The highest BCUT2D eigenvalue weighted by molar-refractivity contribution is 4.69. The molecule has 1 atom stereocenters. The predicted molar refractivity (Wildman–Crippen MR) is 199 cm³/mol. The van der Waals surface area contributed by atoms with Crippen LogP contribution >= 0.6 is 0 Å². The Labute approximate surface area is 293 Å². The first kappa shape index (κ1) is 46.7. The van der Waals surface area contributed by atoms with Crippen LogP contribution in [0.3, 0.4) is 0 Å². The molecule has 0 rings (SSSR count). The van der Waals surface area contributed by atoms with E-state index in [4.69, 9.17) is 18.9 Å². The van der Waals surface area contributed by atoms with Crippen LogP contribution in [-0.4, -0.2) is 86.5 Å². The normalized spacial score (nSPS) is 12.7. The van der Waals surface area contributed by atoms with Gasteiger partial charge in [0.2, 0.25) is 0 Å². The highest BCUT2D eigenvalue weighted by Crippen LogP contribution is 2.14. The number of hydrogen-bond donors (Lipinski definition) is 2. The minimum atomic E-state index is -0.748. The molecule has 0 amide bonds. The summed E-state index contributed by atoms with van der Waals surface area (Å²) >= 11 is 0. The number of ether oxygens (including phenoxy) is 4. The van der Waals surface area contributed by atoms with Gasteiger partial charge in [-0.3, -0.25) is 4.90 Å². The average molecular weight is 674 g/mol. The number of nitrogens with zero attached hydrogens (tertiary/aromatic N) is 1. The molecule has 0 unspecified atom stereocenters. The van der Waals surface area contributed by atoms with Crippen LogP contribution in [0.5, 0.6) is 0 Å². The summed E-state index contributed by atoms with van der Waals surface area (Å²) in [6, 6.07) is 0. The summed E-state index contributed by atoms with van der Waals surface area (Å²) in [5, 5.41) is 21.0. The smallest absolute Gasteiger partial charge is 0.184 e. The molecule has 0 bridgehead atoms. The van der Waals surface area contributed by atoms with Gasteiger partial charge in [-0.05, 0) is 51.5 Å². The van der Waals surface area contributed by atoms with Crippen molar-refractivity contribution in [3.05, 3.63) is 0 Å². The third kappa shape index (κ3) is 32.7. The lowest BCUT2D eigenvalue weighted by Gasteiger charge is -2.29. The van der Waals surface area contributed by atoms with Crippen LogP contribution in [0.25, 0.3) is 0 Å². The highest BCUT2D eigenvalue weighted by Gasteiger charge is 2.23. The molecule has 0 spiro atoms. The molecule has 0 saturated heterocycles. The number of aliphatic hydroxyl groups excluding tert-OH is 2. The van der Waals surface area contributed by atoms with E-state index in [0.717, 1.165) is 77.5 Å². The van der Waals surface area contributed by atoms with E-state index in [1.807, 2.05) is 0 Å². The largest absolute Gasteiger partial charge is 0.395 e. The van der Waals surface area contributed by atoms with Crippen LogP contribution in [0, 0.1) is 0 Å². The van der Waals surface area contributed by atoms with E-state index in [1.54, 1.807) is 0 Å². The molecular weight excluding hydrogens is 590 g/mol. The number of unbranched alkanes of at least 4 members (excludes halogenated alkanes) is 19. The Morgan fingerprint density at radius 2 is 0.830 bits per heavy atom.